The fourth-order valence-electron chi connectivity index (χ4n) is 1.17. The van der Waals surface area contributed by atoms with Gasteiger partial charge < -0.3 is 10.7 Å². The van der Waals surface area contributed by atoms with Crippen molar-refractivity contribution in [1.82, 2.24) is 15.0 Å². The number of H-pyrrole nitrogens is 1. The molecular weight excluding hydrogens is 270 g/mol. The van der Waals surface area contributed by atoms with Gasteiger partial charge in [0, 0.05) is 24.8 Å². The summed E-state index contributed by atoms with van der Waals surface area (Å²) in [4.78, 5) is 11.0. The van der Waals surface area contributed by atoms with E-state index in [-0.39, 0.29) is 43.3 Å². The molecule has 0 fully saturated rings. The fourth-order valence-corrected chi connectivity index (χ4v) is 1.17. The minimum Gasteiger partial charge on any atom is -0.347 e. The molecular formula is C9H13Cl3N4. The van der Waals surface area contributed by atoms with Gasteiger partial charge in [-0.3, -0.25) is 4.98 Å². The Morgan fingerprint density at radius 1 is 1.19 bits per heavy atom. The first-order chi connectivity index (χ1) is 6.38. The summed E-state index contributed by atoms with van der Waals surface area (Å²) in [7, 11) is 0. The van der Waals surface area contributed by atoms with Crippen LogP contribution in [0.5, 0.6) is 0 Å². The van der Waals surface area contributed by atoms with Gasteiger partial charge in [-0.05, 0) is 11.6 Å². The van der Waals surface area contributed by atoms with Crippen molar-refractivity contribution < 1.29 is 0 Å². The molecule has 0 spiro atoms. The average molecular weight is 284 g/mol. The Balaban J connectivity index is 0. The predicted molar refractivity (Wildman–Crippen MR) is 70.6 cm³/mol. The quantitative estimate of drug-likeness (QED) is 0.887. The van der Waals surface area contributed by atoms with Crippen molar-refractivity contribution in [3.8, 4) is 0 Å². The zero-order valence-corrected chi connectivity index (χ0v) is 10.7. The number of rotatable bonds is 2. The Hall–Kier alpha value is -0.810. The molecule has 4 nitrogen and oxygen atoms in total. The summed E-state index contributed by atoms with van der Waals surface area (Å²) >= 11 is 0. The number of imidazole rings is 1. The van der Waals surface area contributed by atoms with Crippen molar-refractivity contribution >= 4 is 37.2 Å². The first-order valence-electron chi connectivity index (χ1n) is 4.02. The zero-order chi connectivity index (χ0) is 9.10. The molecule has 1 atom stereocenters. The van der Waals surface area contributed by atoms with Gasteiger partial charge in [0.25, 0.3) is 0 Å². The maximum absolute atomic E-state index is 5.93. The second-order valence-corrected chi connectivity index (χ2v) is 2.74. The molecule has 0 aromatic carbocycles. The third kappa shape index (κ3) is 3.98. The standard InChI is InChI=1S/C9H10N4.3ClH/c10-8(9-12-4-5-13-9)7-2-1-3-11-6-7;;;/h1-6,8H,10H2,(H,12,13);3*1H. The number of pyridine rings is 1. The predicted octanol–water partition coefficient (Wildman–Crippen LogP) is 2.12. The van der Waals surface area contributed by atoms with E-state index in [1.54, 1.807) is 24.8 Å². The van der Waals surface area contributed by atoms with Crippen LogP contribution in [0.3, 0.4) is 0 Å². The Morgan fingerprint density at radius 3 is 2.44 bits per heavy atom. The van der Waals surface area contributed by atoms with E-state index in [4.69, 9.17) is 5.73 Å². The molecule has 90 valence electrons. The van der Waals surface area contributed by atoms with Crippen LogP contribution < -0.4 is 5.73 Å². The van der Waals surface area contributed by atoms with Crippen LogP contribution in [-0.2, 0) is 0 Å². The highest BCUT2D eigenvalue weighted by Crippen LogP contribution is 2.13. The van der Waals surface area contributed by atoms with E-state index in [1.165, 1.54) is 0 Å². The lowest BCUT2D eigenvalue weighted by atomic mass is 10.1. The van der Waals surface area contributed by atoms with Crippen LogP contribution >= 0.6 is 37.2 Å². The van der Waals surface area contributed by atoms with Gasteiger partial charge in [-0.2, -0.15) is 0 Å². The lowest BCUT2D eigenvalue weighted by molar-refractivity contribution is 0.796. The highest BCUT2D eigenvalue weighted by atomic mass is 35.5. The van der Waals surface area contributed by atoms with Gasteiger partial charge in [0.1, 0.15) is 5.82 Å². The van der Waals surface area contributed by atoms with Gasteiger partial charge in [0.15, 0.2) is 0 Å². The van der Waals surface area contributed by atoms with Gasteiger partial charge in [0.2, 0.25) is 0 Å². The number of aromatic amines is 1. The van der Waals surface area contributed by atoms with Crippen molar-refractivity contribution in [3.05, 3.63) is 48.3 Å². The van der Waals surface area contributed by atoms with Crippen LogP contribution in [-0.4, -0.2) is 15.0 Å². The molecule has 2 aromatic heterocycles. The van der Waals surface area contributed by atoms with E-state index in [1.807, 2.05) is 12.1 Å². The average Bonchev–Trinajstić information content (AvgIpc) is 2.71. The Bertz CT molecular complexity index is 366. The fraction of sp³-hybridized carbons (Fsp3) is 0.111. The third-order valence-electron chi connectivity index (χ3n) is 1.86. The number of nitrogens with zero attached hydrogens (tertiary/aromatic N) is 2. The van der Waals surface area contributed by atoms with Crippen LogP contribution in [0, 0.1) is 0 Å². The van der Waals surface area contributed by atoms with E-state index in [9.17, 15) is 0 Å². The molecule has 0 bridgehead atoms. The maximum Gasteiger partial charge on any atom is 0.127 e. The van der Waals surface area contributed by atoms with E-state index < -0.39 is 0 Å². The van der Waals surface area contributed by atoms with Crippen LogP contribution in [0.4, 0.5) is 0 Å². The molecule has 2 aromatic rings. The minimum atomic E-state index is -0.219. The van der Waals surface area contributed by atoms with E-state index in [0.717, 1.165) is 11.4 Å². The molecule has 16 heavy (non-hydrogen) atoms. The summed E-state index contributed by atoms with van der Waals surface area (Å²) in [6.45, 7) is 0. The van der Waals surface area contributed by atoms with E-state index in [2.05, 4.69) is 15.0 Å². The number of halogens is 3. The largest absolute Gasteiger partial charge is 0.347 e. The van der Waals surface area contributed by atoms with Crippen molar-refractivity contribution in [2.24, 2.45) is 5.73 Å². The van der Waals surface area contributed by atoms with Gasteiger partial charge in [0.05, 0.1) is 6.04 Å². The molecule has 0 radical (unpaired) electrons. The van der Waals surface area contributed by atoms with Crippen LogP contribution in [0.25, 0.3) is 0 Å². The van der Waals surface area contributed by atoms with Crippen molar-refractivity contribution in [2.75, 3.05) is 0 Å². The molecule has 0 saturated heterocycles. The Labute approximate surface area is 112 Å². The molecule has 0 saturated carbocycles. The third-order valence-corrected chi connectivity index (χ3v) is 1.86. The molecule has 0 aliphatic heterocycles. The number of hydrogen-bond donors (Lipinski definition) is 2. The summed E-state index contributed by atoms with van der Waals surface area (Å²) in [6.07, 6.45) is 6.91. The minimum absolute atomic E-state index is 0. The molecule has 3 N–H and O–H groups in total. The molecule has 0 amide bonds. The first kappa shape index (κ1) is 17.6. The number of hydrogen-bond acceptors (Lipinski definition) is 3. The van der Waals surface area contributed by atoms with Crippen LogP contribution in [0.1, 0.15) is 17.4 Å². The maximum atomic E-state index is 5.93. The Morgan fingerprint density at radius 2 is 1.94 bits per heavy atom. The zero-order valence-electron chi connectivity index (χ0n) is 8.24. The highest BCUT2D eigenvalue weighted by molar-refractivity contribution is 5.86. The van der Waals surface area contributed by atoms with Gasteiger partial charge in [-0.1, -0.05) is 6.07 Å². The van der Waals surface area contributed by atoms with Crippen molar-refractivity contribution in [1.29, 1.82) is 0 Å². The monoisotopic (exact) mass is 282 g/mol. The Kier molecular flexibility index (Phi) is 9.18. The molecule has 1 unspecified atom stereocenters. The topological polar surface area (TPSA) is 67.6 Å². The summed E-state index contributed by atoms with van der Waals surface area (Å²) in [5.41, 5.74) is 6.88. The second kappa shape index (κ2) is 8.35. The smallest absolute Gasteiger partial charge is 0.127 e. The highest BCUT2D eigenvalue weighted by Gasteiger charge is 2.09. The summed E-state index contributed by atoms with van der Waals surface area (Å²) in [6, 6.07) is 3.57. The molecule has 0 aliphatic rings. The molecule has 2 heterocycles. The van der Waals surface area contributed by atoms with Gasteiger partial charge in [-0.25, -0.2) is 4.98 Å². The summed E-state index contributed by atoms with van der Waals surface area (Å²) in [5.74, 6) is 0.757. The lowest BCUT2D eigenvalue weighted by Gasteiger charge is -2.07. The number of aromatic nitrogens is 3. The van der Waals surface area contributed by atoms with E-state index >= 15 is 0 Å². The molecule has 7 heteroatoms. The van der Waals surface area contributed by atoms with Gasteiger partial charge >= 0.3 is 0 Å². The van der Waals surface area contributed by atoms with Crippen LogP contribution in [0.2, 0.25) is 0 Å². The first-order valence-corrected chi connectivity index (χ1v) is 4.02. The summed E-state index contributed by atoms with van der Waals surface area (Å²) < 4.78 is 0. The number of nitrogens with one attached hydrogen (secondary N) is 1. The molecule has 2 rings (SSSR count). The summed E-state index contributed by atoms with van der Waals surface area (Å²) in [5, 5.41) is 0. The second-order valence-electron chi connectivity index (χ2n) is 2.74. The lowest BCUT2D eigenvalue weighted by Crippen LogP contribution is -2.13. The molecule has 0 aliphatic carbocycles. The van der Waals surface area contributed by atoms with Crippen LogP contribution in [0.15, 0.2) is 36.9 Å². The van der Waals surface area contributed by atoms with Gasteiger partial charge in [-0.15, -0.1) is 37.2 Å². The van der Waals surface area contributed by atoms with Crippen molar-refractivity contribution in [3.63, 3.8) is 0 Å². The SMILES string of the molecule is Cl.Cl.Cl.NC(c1cccnc1)c1ncc[nH]1. The van der Waals surface area contributed by atoms with E-state index in [0.29, 0.717) is 0 Å². The van der Waals surface area contributed by atoms with Crippen molar-refractivity contribution in [2.45, 2.75) is 6.04 Å². The normalized spacial score (nSPS) is 10.3. The number of nitrogens with two attached hydrogens (primary N) is 1.